The molecule has 4 rings (SSSR count). The van der Waals surface area contributed by atoms with Crippen LogP contribution in [-0.4, -0.2) is 40.2 Å². The lowest BCUT2D eigenvalue weighted by Crippen LogP contribution is -2.49. The van der Waals surface area contributed by atoms with E-state index >= 15 is 0 Å². The number of rotatable bonds is 4. The Labute approximate surface area is 155 Å². The van der Waals surface area contributed by atoms with E-state index in [4.69, 9.17) is 9.47 Å². The summed E-state index contributed by atoms with van der Waals surface area (Å²) in [5.41, 5.74) is 2.25. The van der Waals surface area contributed by atoms with Crippen molar-refractivity contribution in [3.63, 3.8) is 0 Å². The van der Waals surface area contributed by atoms with Crippen LogP contribution in [0.2, 0.25) is 0 Å². The number of hydrogen-bond acceptors (Lipinski definition) is 5. The lowest BCUT2D eigenvalue weighted by molar-refractivity contribution is -0.0594. The molecule has 0 radical (unpaired) electrons. The summed E-state index contributed by atoms with van der Waals surface area (Å²) in [6.45, 7) is 6.32. The summed E-state index contributed by atoms with van der Waals surface area (Å²) in [5.74, 6) is 1.95. The highest BCUT2D eigenvalue weighted by atomic mass is 16.5. The molecule has 0 aliphatic carbocycles. The van der Waals surface area contributed by atoms with Crippen molar-refractivity contribution < 1.29 is 9.47 Å². The van der Waals surface area contributed by atoms with Gasteiger partial charge in [-0.05, 0) is 12.5 Å². The van der Waals surface area contributed by atoms with Gasteiger partial charge >= 0.3 is 0 Å². The van der Waals surface area contributed by atoms with Crippen LogP contribution < -0.4 is 4.74 Å². The third-order valence-corrected chi connectivity index (χ3v) is 5.25. The lowest BCUT2D eigenvalue weighted by Gasteiger charge is -2.39. The molecule has 0 saturated carbocycles. The number of aromatic nitrogens is 2. The molecule has 1 aromatic heterocycles. The number of fused-ring (bicyclic) bond motifs is 1. The van der Waals surface area contributed by atoms with Gasteiger partial charge in [-0.3, -0.25) is 4.90 Å². The molecular weight excluding hydrogens is 326 g/mol. The number of para-hydroxylation sites is 1. The fourth-order valence-electron chi connectivity index (χ4n) is 3.89. The second-order valence-electron chi connectivity index (χ2n) is 7.41. The SMILES string of the molecule is CCCc1ncc(CN2Cc3ccccc3OC3(CCOCC3)C2)cn1. The van der Waals surface area contributed by atoms with Gasteiger partial charge < -0.3 is 9.47 Å². The van der Waals surface area contributed by atoms with Crippen LogP contribution in [0.4, 0.5) is 0 Å². The summed E-state index contributed by atoms with van der Waals surface area (Å²) in [6.07, 6.45) is 7.84. The third-order valence-electron chi connectivity index (χ3n) is 5.25. The van der Waals surface area contributed by atoms with Crippen molar-refractivity contribution in [2.24, 2.45) is 0 Å². The average Bonchev–Trinajstić information content (AvgIpc) is 2.80. The van der Waals surface area contributed by atoms with Crippen molar-refractivity contribution in [1.82, 2.24) is 14.9 Å². The van der Waals surface area contributed by atoms with E-state index in [0.29, 0.717) is 0 Å². The first-order valence-electron chi connectivity index (χ1n) is 9.63. The Morgan fingerprint density at radius 3 is 2.65 bits per heavy atom. The van der Waals surface area contributed by atoms with E-state index in [1.54, 1.807) is 0 Å². The molecule has 138 valence electrons. The number of aryl methyl sites for hydroxylation is 1. The van der Waals surface area contributed by atoms with E-state index in [0.717, 1.165) is 75.7 Å². The molecule has 5 nitrogen and oxygen atoms in total. The van der Waals surface area contributed by atoms with Crippen LogP contribution in [0.15, 0.2) is 36.7 Å². The zero-order valence-electron chi connectivity index (χ0n) is 15.5. The fraction of sp³-hybridized carbons (Fsp3) is 0.524. The first-order valence-corrected chi connectivity index (χ1v) is 9.63. The highest BCUT2D eigenvalue weighted by Gasteiger charge is 2.39. The molecule has 1 aromatic carbocycles. The van der Waals surface area contributed by atoms with Crippen LogP contribution in [-0.2, 0) is 24.2 Å². The van der Waals surface area contributed by atoms with Gasteiger partial charge in [-0.15, -0.1) is 0 Å². The Morgan fingerprint density at radius 1 is 1.12 bits per heavy atom. The van der Waals surface area contributed by atoms with Gasteiger partial charge in [0.2, 0.25) is 0 Å². The van der Waals surface area contributed by atoms with Crippen molar-refractivity contribution in [3.05, 3.63) is 53.6 Å². The summed E-state index contributed by atoms with van der Waals surface area (Å²) in [5, 5.41) is 0. The Kier molecular flexibility index (Phi) is 5.18. The first kappa shape index (κ1) is 17.4. The largest absolute Gasteiger partial charge is 0.485 e. The molecule has 1 saturated heterocycles. The first-order chi connectivity index (χ1) is 12.8. The smallest absolute Gasteiger partial charge is 0.128 e. The van der Waals surface area contributed by atoms with E-state index in [9.17, 15) is 0 Å². The van der Waals surface area contributed by atoms with Gasteiger partial charge in [0.1, 0.15) is 17.2 Å². The zero-order chi connectivity index (χ0) is 17.8. The molecule has 0 amide bonds. The van der Waals surface area contributed by atoms with Gasteiger partial charge in [0.15, 0.2) is 0 Å². The van der Waals surface area contributed by atoms with E-state index in [1.165, 1.54) is 5.56 Å². The number of ether oxygens (including phenoxy) is 2. The standard InChI is InChI=1S/C21H27N3O2/c1-2-5-20-22-12-17(13-23-20)14-24-15-18-6-3-4-7-19(18)26-21(16-24)8-10-25-11-9-21/h3-4,6-7,12-13H,2,5,8-11,14-16H2,1H3. The highest BCUT2D eigenvalue weighted by molar-refractivity contribution is 5.35. The Bertz CT molecular complexity index is 726. The fourth-order valence-corrected chi connectivity index (χ4v) is 3.89. The van der Waals surface area contributed by atoms with Gasteiger partial charge in [0, 0.05) is 62.4 Å². The molecule has 0 N–H and O–H groups in total. The van der Waals surface area contributed by atoms with Crippen LogP contribution >= 0.6 is 0 Å². The molecular formula is C21H27N3O2. The van der Waals surface area contributed by atoms with Crippen LogP contribution in [0.25, 0.3) is 0 Å². The minimum atomic E-state index is -0.159. The zero-order valence-corrected chi connectivity index (χ0v) is 15.5. The molecule has 1 spiro atoms. The molecule has 2 aliphatic heterocycles. The van der Waals surface area contributed by atoms with Crippen molar-refractivity contribution in [3.8, 4) is 5.75 Å². The number of hydrogen-bond donors (Lipinski definition) is 0. The Hall–Kier alpha value is -1.98. The molecule has 2 aliphatic rings. The van der Waals surface area contributed by atoms with Gasteiger partial charge in [0.25, 0.3) is 0 Å². The van der Waals surface area contributed by atoms with Crippen molar-refractivity contribution in [2.45, 2.75) is 51.3 Å². The van der Waals surface area contributed by atoms with E-state index in [2.05, 4.69) is 46.1 Å². The molecule has 0 bridgehead atoms. The summed E-state index contributed by atoms with van der Waals surface area (Å²) < 4.78 is 12.1. The van der Waals surface area contributed by atoms with Gasteiger partial charge in [-0.25, -0.2) is 9.97 Å². The van der Waals surface area contributed by atoms with Crippen LogP contribution in [0.1, 0.15) is 43.1 Å². The van der Waals surface area contributed by atoms with Crippen LogP contribution in [0.3, 0.4) is 0 Å². The summed E-state index contributed by atoms with van der Waals surface area (Å²) >= 11 is 0. The maximum absolute atomic E-state index is 6.55. The Balaban J connectivity index is 1.56. The maximum atomic E-state index is 6.55. The summed E-state index contributed by atoms with van der Waals surface area (Å²) in [4.78, 5) is 11.5. The molecule has 0 unspecified atom stereocenters. The molecule has 2 aromatic rings. The monoisotopic (exact) mass is 353 g/mol. The van der Waals surface area contributed by atoms with Gasteiger partial charge in [-0.2, -0.15) is 0 Å². The second-order valence-corrected chi connectivity index (χ2v) is 7.41. The van der Waals surface area contributed by atoms with E-state index < -0.39 is 0 Å². The minimum Gasteiger partial charge on any atom is -0.485 e. The van der Waals surface area contributed by atoms with E-state index in [1.807, 2.05) is 12.4 Å². The maximum Gasteiger partial charge on any atom is 0.128 e. The van der Waals surface area contributed by atoms with Gasteiger partial charge in [0.05, 0.1) is 13.2 Å². The van der Waals surface area contributed by atoms with Crippen LogP contribution in [0, 0.1) is 0 Å². The second kappa shape index (κ2) is 7.72. The topological polar surface area (TPSA) is 47.5 Å². The van der Waals surface area contributed by atoms with Crippen molar-refractivity contribution in [1.29, 1.82) is 0 Å². The third kappa shape index (κ3) is 3.89. The minimum absolute atomic E-state index is 0.159. The van der Waals surface area contributed by atoms with Gasteiger partial charge in [-0.1, -0.05) is 25.1 Å². The summed E-state index contributed by atoms with van der Waals surface area (Å²) in [7, 11) is 0. The highest BCUT2D eigenvalue weighted by Crippen LogP contribution is 2.35. The van der Waals surface area contributed by atoms with Crippen molar-refractivity contribution in [2.75, 3.05) is 19.8 Å². The number of benzene rings is 1. The predicted octanol–water partition coefficient (Wildman–Crippen LogP) is 3.37. The quantitative estimate of drug-likeness (QED) is 0.843. The van der Waals surface area contributed by atoms with Crippen molar-refractivity contribution >= 4 is 0 Å². The van der Waals surface area contributed by atoms with Crippen LogP contribution in [0.5, 0.6) is 5.75 Å². The summed E-state index contributed by atoms with van der Waals surface area (Å²) in [6, 6.07) is 8.41. The predicted molar refractivity (Wildman–Crippen MR) is 100.0 cm³/mol. The average molecular weight is 353 g/mol. The normalized spacial score (nSPS) is 19.6. The molecule has 5 heteroatoms. The van der Waals surface area contributed by atoms with E-state index in [-0.39, 0.29) is 5.60 Å². The molecule has 0 atom stereocenters. The molecule has 26 heavy (non-hydrogen) atoms. The molecule has 1 fully saturated rings. The number of nitrogens with zero attached hydrogens (tertiary/aromatic N) is 3. The lowest BCUT2D eigenvalue weighted by atomic mass is 9.93. The Morgan fingerprint density at radius 2 is 1.88 bits per heavy atom. The molecule has 3 heterocycles.